The SMILES string of the molecule is O=C(O)Oc1cccc(-c2cccc(NN=C3C(=O)N(c4cc(C(F)(F)F)cc(C(F)(F)F)c4)c4ccccc43)c2O)c1. The van der Waals surface area contributed by atoms with Crippen molar-refractivity contribution in [2.24, 2.45) is 5.10 Å². The number of hydrogen-bond donors (Lipinski definition) is 3. The van der Waals surface area contributed by atoms with Crippen LogP contribution in [0.2, 0.25) is 0 Å². The van der Waals surface area contributed by atoms with E-state index >= 15 is 0 Å². The lowest BCUT2D eigenvalue weighted by Gasteiger charge is -2.21. The predicted octanol–water partition coefficient (Wildman–Crippen LogP) is 7.65. The van der Waals surface area contributed by atoms with Crippen LogP contribution >= 0.6 is 0 Å². The molecule has 1 heterocycles. The van der Waals surface area contributed by atoms with Gasteiger partial charge in [-0.15, -0.1) is 0 Å². The van der Waals surface area contributed by atoms with Crippen molar-refractivity contribution in [3.05, 3.63) is 102 Å². The Labute approximate surface area is 238 Å². The molecule has 0 unspecified atom stereocenters. The third-order valence-electron chi connectivity index (χ3n) is 6.31. The maximum absolute atomic E-state index is 13.5. The lowest BCUT2D eigenvalue weighted by molar-refractivity contribution is -0.143. The van der Waals surface area contributed by atoms with Gasteiger partial charge in [0.25, 0.3) is 5.91 Å². The molecule has 4 aromatic carbocycles. The van der Waals surface area contributed by atoms with Gasteiger partial charge >= 0.3 is 18.5 Å². The molecule has 8 nitrogen and oxygen atoms in total. The lowest BCUT2D eigenvalue weighted by atomic mass is 10.0. The number of nitrogens with one attached hydrogen (secondary N) is 1. The summed E-state index contributed by atoms with van der Waals surface area (Å²) in [5.74, 6) is -1.39. The summed E-state index contributed by atoms with van der Waals surface area (Å²) in [5, 5.41) is 23.8. The first-order valence-electron chi connectivity index (χ1n) is 12.1. The average Bonchev–Trinajstić information content (AvgIpc) is 3.22. The van der Waals surface area contributed by atoms with Crippen molar-refractivity contribution < 1.29 is 50.9 Å². The summed E-state index contributed by atoms with van der Waals surface area (Å²) in [5.41, 5.74) is -0.983. The molecule has 0 spiro atoms. The Hall–Kier alpha value is -5.53. The Morgan fingerprint density at radius 3 is 2.09 bits per heavy atom. The van der Waals surface area contributed by atoms with E-state index in [1.54, 1.807) is 6.07 Å². The van der Waals surface area contributed by atoms with Crippen LogP contribution in [0.3, 0.4) is 0 Å². The number of amides is 1. The number of carbonyl (C=O) groups is 2. The summed E-state index contributed by atoms with van der Waals surface area (Å²) >= 11 is 0. The summed E-state index contributed by atoms with van der Waals surface area (Å²) in [6.07, 6.45) is -11.8. The van der Waals surface area contributed by atoms with Crippen LogP contribution in [0.4, 0.5) is 48.2 Å². The van der Waals surface area contributed by atoms with Gasteiger partial charge in [-0.2, -0.15) is 31.4 Å². The van der Waals surface area contributed by atoms with Gasteiger partial charge in [0.05, 0.1) is 28.2 Å². The second-order valence-corrected chi connectivity index (χ2v) is 9.09. The van der Waals surface area contributed by atoms with E-state index in [0.29, 0.717) is 22.6 Å². The van der Waals surface area contributed by atoms with Crippen molar-refractivity contribution in [3.63, 3.8) is 0 Å². The number of fused-ring (bicyclic) bond motifs is 1. The zero-order chi connectivity index (χ0) is 31.1. The second-order valence-electron chi connectivity index (χ2n) is 9.09. The number of phenolic OH excluding ortho intramolecular Hbond substituents is 1. The number of benzene rings is 4. The van der Waals surface area contributed by atoms with Gasteiger partial charge in [-0.05, 0) is 48.0 Å². The largest absolute Gasteiger partial charge is 0.511 e. The number of hydrogen-bond acceptors (Lipinski definition) is 6. The number of alkyl halides is 6. The zero-order valence-electron chi connectivity index (χ0n) is 21.4. The van der Waals surface area contributed by atoms with Gasteiger partial charge in [0.1, 0.15) is 11.5 Å². The number of aromatic hydroxyl groups is 1. The first-order valence-corrected chi connectivity index (χ1v) is 12.1. The molecule has 0 aromatic heterocycles. The normalized spacial score (nSPS) is 14.1. The number of rotatable bonds is 5. The monoisotopic (exact) mass is 601 g/mol. The van der Waals surface area contributed by atoms with E-state index in [9.17, 15) is 41.0 Å². The fraction of sp³-hybridized carbons (Fsp3) is 0.0690. The van der Waals surface area contributed by atoms with Gasteiger partial charge in [-0.3, -0.25) is 15.1 Å². The molecule has 43 heavy (non-hydrogen) atoms. The molecule has 4 aromatic rings. The highest BCUT2D eigenvalue weighted by molar-refractivity contribution is 6.55. The molecular formula is C29H17F6N3O5. The fourth-order valence-corrected chi connectivity index (χ4v) is 4.44. The van der Waals surface area contributed by atoms with Crippen molar-refractivity contribution in [1.82, 2.24) is 0 Å². The topological polar surface area (TPSA) is 111 Å². The minimum absolute atomic E-state index is 0.00582. The molecule has 3 N–H and O–H groups in total. The standard InChI is InChI=1S/C29H17F6N3O5/c30-28(31,32)16-12-17(29(33,34)35)14-18(13-16)38-23-10-2-1-7-21(23)24(26(38)40)37-36-22-9-4-8-20(25(22)39)15-5-3-6-19(11-15)43-27(41)42/h1-14,36,39H,(H,41,42). The van der Waals surface area contributed by atoms with Gasteiger partial charge in [0.2, 0.25) is 0 Å². The quantitative estimate of drug-likeness (QED) is 0.0713. The average molecular weight is 601 g/mol. The van der Waals surface area contributed by atoms with Crippen molar-refractivity contribution in [3.8, 4) is 22.6 Å². The van der Waals surface area contributed by atoms with E-state index in [0.717, 1.165) is 0 Å². The number of carboxylic acid groups (broad SMARTS) is 1. The second kappa shape index (κ2) is 10.7. The van der Waals surface area contributed by atoms with Crippen LogP contribution in [-0.2, 0) is 17.1 Å². The Balaban J connectivity index is 1.53. The molecule has 1 amide bonds. The molecule has 0 aliphatic carbocycles. The predicted molar refractivity (Wildman–Crippen MR) is 142 cm³/mol. The molecule has 5 rings (SSSR count). The molecule has 0 saturated carbocycles. The van der Waals surface area contributed by atoms with Gasteiger partial charge in [-0.25, -0.2) is 4.79 Å². The molecule has 14 heteroatoms. The summed E-state index contributed by atoms with van der Waals surface area (Å²) < 4.78 is 85.7. The van der Waals surface area contributed by atoms with Crippen LogP contribution in [0.15, 0.2) is 90.0 Å². The number of para-hydroxylation sites is 2. The minimum Gasteiger partial charge on any atom is -0.505 e. The van der Waals surface area contributed by atoms with Gasteiger partial charge in [0.15, 0.2) is 5.71 Å². The molecule has 0 atom stereocenters. The van der Waals surface area contributed by atoms with E-state index in [4.69, 9.17) is 5.11 Å². The van der Waals surface area contributed by atoms with Crippen molar-refractivity contribution >= 4 is 34.8 Å². The number of anilines is 3. The number of hydrazone groups is 1. The third kappa shape index (κ3) is 5.80. The molecule has 0 radical (unpaired) electrons. The molecule has 220 valence electrons. The van der Waals surface area contributed by atoms with E-state index in [-0.39, 0.29) is 45.8 Å². The summed E-state index contributed by atoms with van der Waals surface area (Å²) in [7, 11) is 0. The van der Waals surface area contributed by atoms with Crippen molar-refractivity contribution in [2.45, 2.75) is 12.4 Å². The van der Waals surface area contributed by atoms with Crippen molar-refractivity contribution in [1.29, 1.82) is 0 Å². The summed E-state index contributed by atoms with van der Waals surface area (Å²) in [6, 6.07) is 16.8. The van der Waals surface area contributed by atoms with E-state index in [1.807, 2.05) is 0 Å². The minimum atomic E-state index is -5.13. The summed E-state index contributed by atoms with van der Waals surface area (Å²) in [6.45, 7) is 0. The van der Waals surface area contributed by atoms with E-state index in [1.165, 1.54) is 60.7 Å². The Morgan fingerprint density at radius 2 is 1.44 bits per heavy atom. The highest BCUT2D eigenvalue weighted by atomic mass is 19.4. The first kappa shape index (κ1) is 29.0. The maximum atomic E-state index is 13.5. The van der Waals surface area contributed by atoms with Crippen LogP contribution in [-0.4, -0.2) is 28.0 Å². The lowest BCUT2D eigenvalue weighted by Crippen LogP contribution is -2.27. The van der Waals surface area contributed by atoms with E-state index < -0.39 is 41.2 Å². The summed E-state index contributed by atoms with van der Waals surface area (Å²) in [4.78, 5) is 25.0. The number of phenols is 1. The molecule has 0 fully saturated rings. The molecular weight excluding hydrogens is 584 g/mol. The molecule has 0 bridgehead atoms. The van der Waals surface area contributed by atoms with Crippen LogP contribution in [0, 0.1) is 0 Å². The van der Waals surface area contributed by atoms with Crippen LogP contribution in [0.25, 0.3) is 11.1 Å². The van der Waals surface area contributed by atoms with Gasteiger partial charge in [-0.1, -0.05) is 42.5 Å². The fourth-order valence-electron chi connectivity index (χ4n) is 4.44. The first-order chi connectivity index (χ1) is 20.2. The highest BCUT2D eigenvalue weighted by Crippen LogP contribution is 2.43. The zero-order valence-corrected chi connectivity index (χ0v) is 21.4. The Kier molecular flexibility index (Phi) is 7.21. The Morgan fingerprint density at radius 1 is 0.814 bits per heavy atom. The molecule has 1 aliphatic rings. The van der Waals surface area contributed by atoms with Crippen LogP contribution in [0.1, 0.15) is 16.7 Å². The molecule has 1 aliphatic heterocycles. The van der Waals surface area contributed by atoms with Gasteiger partial charge < -0.3 is 14.9 Å². The third-order valence-corrected chi connectivity index (χ3v) is 6.31. The smallest absolute Gasteiger partial charge is 0.505 e. The van der Waals surface area contributed by atoms with Crippen LogP contribution < -0.4 is 15.1 Å². The van der Waals surface area contributed by atoms with Gasteiger partial charge in [0, 0.05) is 11.1 Å². The number of carbonyl (C=O) groups excluding carboxylic acids is 1. The highest BCUT2D eigenvalue weighted by Gasteiger charge is 2.41. The van der Waals surface area contributed by atoms with Crippen molar-refractivity contribution in [2.75, 3.05) is 10.3 Å². The molecule has 0 saturated heterocycles. The van der Waals surface area contributed by atoms with Crippen LogP contribution in [0.5, 0.6) is 11.5 Å². The number of halogens is 6. The maximum Gasteiger partial charge on any atom is 0.511 e. The van der Waals surface area contributed by atoms with E-state index in [2.05, 4.69) is 15.3 Å². The number of nitrogens with zero attached hydrogens (tertiary/aromatic N) is 2. The Bertz CT molecular complexity index is 1750. The number of ether oxygens (including phenoxy) is 1.